The molecule has 0 heterocycles. The van der Waals surface area contributed by atoms with Crippen LogP contribution < -0.4 is 0 Å². The van der Waals surface area contributed by atoms with Gasteiger partial charge < -0.3 is 9.47 Å². The number of benzene rings is 3. The summed E-state index contributed by atoms with van der Waals surface area (Å²) in [6.45, 7) is 0. The molecule has 0 atom stereocenters. The van der Waals surface area contributed by atoms with Gasteiger partial charge in [0.2, 0.25) is 0 Å². The molecule has 0 radical (unpaired) electrons. The third-order valence-electron chi connectivity index (χ3n) is 4.29. The maximum Gasteiger partial charge on any atom is 0.339 e. The molecule has 0 saturated heterocycles. The highest BCUT2D eigenvalue weighted by Crippen LogP contribution is 2.37. The molecule has 0 aromatic heterocycles. The fraction of sp³-hybridized carbons (Fsp3) is 0.0909. The van der Waals surface area contributed by atoms with E-state index in [4.69, 9.17) is 9.47 Å². The number of halogens is 2. The van der Waals surface area contributed by atoms with Gasteiger partial charge in [0.05, 0.1) is 25.3 Å². The number of rotatable bonds is 4. The number of ether oxygens (including phenoxy) is 2. The Labute approximate surface area is 160 Å². The monoisotopic (exact) mass is 382 g/mol. The van der Waals surface area contributed by atoms with E-state index in [9.17, 15) is 18.4 Å². The first-order valence-electron chi connectivity index (χ1n) is 8.31. The normalized spacial score (nSPS) is 10.4. The minimum absolute atomic E-state index is 0.0113. The topological polar surface area (TPSA) is 52.6 Å². The SMILES string of the molecule is COC(=O)c1ccc(-c2ccc(F)cc2)c(-c2ccc(F)cc2)c1C(=O)OC. The van der Waals surface area contributed by atoms with Crippen LogP contribution in [0.2, 0.25) is 0 Å². The second kappa shape index (κ2) is 8.00. The Balaban J connectivity index is 2.39. The zero-order valence-electron chi connectivity index (χ0n) is 15.2. The quantitative estimate of drug-likeness (QED) is 0.604. The summed E-state index contributed by atoms with van der Waals surface area (Å²) in [5.41, 5.74) is 2.03. The highest BCUT2D eigenvalue weighted by Gasteiger charge is 2.26. The van der Waals surface area contributed by atoms with E-state index in [0.717, 1.165) is 0 Å². The van der Waals surface area contributed by atoms with E-state index in [-0.39, 0.29) is 11.1 Å². The van der Waals surface area contributed by atoms with Crippen LogP contribution in [0, 0.1) is 11.6 Å². The van der Waals surface area contributed by atoms with Crippen LogP contribution in [0.4, 0.5) is 8.78 Å². The lowest BCUT2D eigenvalue weighted by Gasteiger charge is -2.17. The van der Waals surface area contributed by atoms with Crippen LogP contribution in [-0.2, 0) is 9.47 Å². The van der Waals surface area contributed by atoms with Gasteiger partial charge in [-0.3, -0.25) is 0 Å². The smallest absolute Gasteiger partial charge is 0.339 e. The largest absolute Gasteiger partial charge is 0.465 e. The van der Waals surface area contributed by atoms with Crippen molar-refractivity contribution in [3.05, 3.63) is 83.4 Å². The van der Waals surface area contributed by atoms with Crippen molar-refractivity contribution in [2.24, 2.45) is 0 Å². The Bertz CT molecular complexity index is 1030. The van der Waals surface area contributed by atoms with Gasteiger partial charge >= 0.3 is 11.9 Å². The fourth-order valence-corrected chi connectivity index (χ4v) is 2.98. The molecule has 6 heteroatoms. The Morgan fingerprint density at radius 3 is 1.68 bits per heavy atom. The van der Waals surface area contributed by atoms with Crippen molar-refractivity contribution in [1.29, 1.82) is 0 Å². The van der Waals surface area contributed by atoms with Gasteiger partial charge in [-0.1, -0.05) is 30.3 Å². The summed E-state index contributed by atoms with van der Waals surface area (Å²) in [4.78, 5) is 24.8. The molecule has 0 N–H and O–H groups in total. The van der Waals surface area contributed by atoms with Crippen molar-refractivity contribution in [2.75, 3.05) is 14.2 Å². The van der Waals surface area contributed by atoms with Gasteiger partial charge in [0.1, 0.15) is 11.6 Å². The second-order valence-corrected chi connectivity index (χ2v) is 5.91. The Kier molecular flexibility index (Phi) is 5.49. The number of esters is 2. The summed E-state index contributed by atoms with van der Waals surface area (Å²) >= 11 is 0. The average molecular weight is 382 g/mol. The number of carbonyl (C=O) groups excluding carboxylic acids is 2. The molecule has 0 aliphatic carbocycles. The zero-order chi connectivity index (χ0) is 20.3. The minimum atomic E-state index is -0.747. The molecule has 28 heavy (non-hydrogen) atoms. The number of carbonyl (C=O) groups is 2. The molecule has 0 bridgehead atoms. The summed E-state index contributed by atoms with van der Waals surface area (Å²) in [6.07, 6.45) is 0. The fourth-order valence-electron chi connectivity index (χ4n) is 2.98. The van der Waals surface area contributed by atoms with Crippen LogP contribution in [0.5, 0.6) is 0 Å². The number of hydrogen-bond acceptors (Lipinski definition) is 4. The van der Waals surface area contributed by atoms with Crippen molar-refractivity contribution in [3.8, 4) is 22.3 Å². The molecule has 3 aromatic rings. The first-order chi connectivity index (χ1) is 13.5. The van der Waals surface area contributed by atoms with Gasteiger partial charge in [-0.2, -0.15) is 0 Å². The van der Waals surface area contributed by atoms with Crippen LogP contribution in [0.1, 0.15) is 20.7 Å². The molecule has 0 unspecified atom stereocenters. The van der Waals surface area contributed by atoms with Gasteiger partial charge in [0, 0.05) is 5.56 Å². The van der Waals surface area contributed by atoms with Crippen molar-refractivity contribution >= 4 is 11.9 Å². The van der Waals surface area contributed by atoms with Gasteiger partial charge in [-0.15, -0.1) is 0 Å². The Morgan fingerprint density at radius 2 is 1.18 bits per heavy atom. The summed E-state index contributed by atoms with van der Waals surface area (Å²) in [5.74, 6) is -2.32. The van der Waals surface area contributed by atoms with Crippen LogP contribution in [0.15, 0.2) is 60.7 Å². The van der Waals surface area contributed by atoms with Gasteiger partial charge in [-0.05, 0) is 47.0 Å². The lowest BCUT2D eigenvalue weighted by atomic mass is 9.87. The predicted octanol–water partition coefficient (Wildman–Crippen LogP) is 4.87. The van der Waals surface area contributed by atoms with Crippen LogP contribution >= 0.6 is 0 Å². The molecule has 3 aromatic carbocycles. The first-order valence-corrected chi connectivity index (χ1v) is 8.31. The summed E-state index contributed by atoms with van der Waals surface area (Å²) in [7, 11) is 2.40. The second-order valence-electron chi connectivity index (χ2n) is 5.91. The predicted molar refractivity (Wildman–Crippen MR) is 99.9 cm³/mol. The van der Waals surface area contributed by atoms with E-state index in [1.165, 1.54) is 56.7 Å². The minimum Gasteiger partial charge on any atom is -0.465 e. The molecule has 0 saturated carbocycles. The maximum absolute atomic E-state index is 13.5. The molecule has 3 rings (SSSR count). The van der Waals surface area contributed by atoms with Gasteiger partial charge in [0.15, 0.2) is 0 Å². The van der Waals surface area contributed by atoms with E-state index < -0.39 is 23.6 Å². The molecule has 0 aliphatic heterocycles. The van der Waals surface area contributed by atoms with Crippen LogP contribution in [-0.4, -0.2) is 26.2 Å². The number of methoxy groups -OCH3 is 2. The summed E-state index contributed by atoms with van der Waals surface area (Å²) in [5, 5.41) is 0. The van der Waals surface area contributed by atoms with Crippen molar-refractivity contribution in [1.82, 2.24) is 0 Å². The molecule has 0 amide bonds. The Hall–Kier alpha value is -3.54. The molecule has 0 spiro atoms. The van der Waals surface area contributed by atoms with Crippen molar-refractivity contribution in [2.45, 2.75) is 0 Å². The van der Waals surface area contributed by atoms with Crippen molar-refractivity contribution in [3.63, 3.8) is 0 Å². The third kappa shape index (κ3) is 3.62. The van der Waals surface area contributed by atoms with Gasteiger partial charge in [0.25, 0.3) is 0 Å². The standard InChI is InChI=1S/C22H16F2O4/c1-27-21(25)18-12-11-17(13-3-7-15(23)8-4-13)19(20(18)22(26)28-2)14-5-9-16(24)10-6-14/h3-12H,1-2H3. The highest BCUT2D eigenvalue weighted by molar-refractivity contribution is 6.10. The van der Waals surface area contributed by atoms with Crippen LogP contribution in [0.3, 0.4) is 0 Å². The Morgan fingerprint density at radius 1 is 0.679 bits per heavy atom. The lowest BCUT2D eigenvalue weighted by Crippen LogP contribution is -2.14. The van der Waals surface area contributed by atoms with E-state index in [2.05, 4.69) is 0 Å². The summed E-state index contributed by atoms with van der Waals surface area (Å²) in [6, 6.07) is 14.2. The molecule has 4 nitrogen and oxygen atoms in total. The van der Waals surface area contributed by atoms with Crippen molar-refractivity contribution < 1.29 is 27.8 Å². The first kappa shape index (κ1) is 19.2. The molecule has 0 aliphatic rings. The van der Waals surface area contributed by atoms with Crippen LogP contribution in [0.25, 0.3) is 22.3 Å². The third-order valence-corrected chi connectivity index (χ3v) is 4.29. The molecular weight excluding hydrogens is 366 g/mol. The highest BCUT2D eigenvalue weighted by atomic mass is 19.1. The molecule has 142 valence electrons. The summed E-state index contributed by atoms with van der Waals surface area (Å²) < 4.78 is 36.5. The average Bonchev–Trinajstić information content (AvgIpc) is 2.73. The zero-order valence-corrected chi connectivity index (χ0v) is 15.2. The van der Waals surface area contributed by atoms with E-state index >= 15 is 0 Å². The van der Waals surface area contributed by atoms with E-state index in [0.29, 0.717) is 22.3 Å². The maximum atomic E-state index is 13.5. The van der Waals surface area contributed by atoms with E-state index in [1.807, 2.05) is 0 Å². The van der Waals surface area contributed by atoms with E-state index in [1.54, 1.807) is 18.2 Å². The number of hydrogen-bond donors (Lipinski definition) is 0. The molecule has 0 fully saturated rings. The lowest BCUT2D eigenvalue weighted by molar-refractivity contribution is 0.0556. The molecular formula is C22H16F2O4. The van der Waals surface area contributed by atoms with Gasteiger partial charge in [-0.25, -0.2) is 18.4 Å².